The zero-order chi connectivity index (χ0) is 23.4. The standard InChI is InChI=1S/C26H28N2O4S/c1-3-32-23-15-11-20(12-16-23)25-10-7-19-28(25)26(29)21-13-17-24(18-14-21)33(30,31)27(2)22-8-5-4-6-9-22/h4-6,8-9,11-18,25H,3,7,10,19H2,1-2H3. The molecule has 1 heterocycles. The number of nitrogens with zero attached hydrogens (tertiary/aromatic N) is 2. The van der Waals surface area contributed by atoms with Crippen LogP contribution in [0.5, 0.6) is 5.75 Å². The molecule has 3 aromatic rings. The van der Waals surface area contributed by atoms with Crippen molar-refractivity contribution in [3.05, 3.63) is 90.0 Å². The van der Waals surface area contributed by atoms with Crippen molar-refractivity contribution < 1.29 is 17.9 Å². The van der Waals surface area contributed by atoms with Crippen LogP contribution >= 0.6 is 0 Å². The molecular weight excluding hydrogens is 436 g/mol. The number of benzene rings is 3. The molecule has 0 aliphatic carbocycles. The van der Waals surface area contributed by atoms with Gasteiger partial charge < -0.3 is 9.64 Å². The second-order valence-corrected chi connectivity index (χ2v) is 9.96. The molecule has 1 atom stereocenters. The summed E-state index contributed by atoms with van der Waals surface area (Å²) in [5, 5.41) is 0. The van der Waals surface area contributed by atoms with Crippen LogP contribution in [0.25, 0.3) is 0 Å². The van der Waals surface area contributed by atoms with Crippen molar-refractivity contribution in [1.82, 2.24) is 4.90 Å². The Labute approximate surface area is 195 Å². The number of likely N-dealkylation sites (tertiary alicyclic amines) is 1. The molecule has 1 saturated heterocycles. The maximum Gasteiger partial charge on any atom is 0.264 e. The van der Waals surface area contributed by atoms with Gasteiger partial charge in [0, 0.05) is 19.2 Å². The van der Waals surface area contributed by atoms with Crippen LogP contribution in [0.1, 0.15) is 41.7 Å². The van der Waals surface area contributed by atoms with Crippen LogP contribution in [0.15, 0.2) is 83.8 Å². The van der Waals surface area contributed by atoms with Crippen molar-refractivity contribution >= 4 is 21.6 Å². The molecule has 0 saturated carbocycles. The number of anilines is 1. The lowest BCUT2D eigenvalue weighted by Gasteiger charge is -2.25. The van der Waals surface area contributed by atoms with Gasteiger partial charge in [-0.2, -0.15) is 0 Å². The van der Waals surface area contributed by atoms with Crippen molar-refractivity contribution in [2.24, 2.45) is 0 Å². The molecule has 0 bridgehead atoms. The van der Waals surface area contributed by atoms with Gasteiger partial charge in [-0.1, -0.05) is 30.3 Å². The fourth-order valence-electron chi connectivity index (χ4n) is 4.18. The van der Waals surface area contributed by atoms with E-state index in [2.05, 4.69) is 0 Å². The molecule has 1 aliphatic rings. The monoisotopic (exact) mass is 464 g/mol. The van der Waals surface area contributed by atoms with E-state index >= 15 is 0 Å². The molecule has 0 radical (unpaired) electrons. The summed E-state index contributed by atoms with van der Waals surface area (Å²) in [5.74, 6) is 0.723. The number of amides is 1. The van der Waals surface area contributed by atoms with Crippen LogP contribution in [-0.2, 0) is 10.0 Å². The fourth-order valence-corrected chi connectivity index (χ4v) is 5.37. The first-order valence-corrected chi connectivity index (χ1v) is 12.5. The third-order valence-corrected chi connectivity index (χ3v) is 7.77. The van der Waals surface area contributed by atoms with Gasteiger partial charge in [0.15, 0.2) is 0 Å². The second-order valence-electron chi connectivity index (χ2n) is 7.99. The zero-order valence-electron chi connectivity index (χ0n) is 18.8. The number of hydrogen-bond donors (Lipinski definition) is 0. The van der Waals surface area contributed by atoms with E-state index in [1.54, 1.807) is 36.4 Å². The SMILES string of the molecule is CCOc1ccc(C2CCCN2C(=O)c2ccc(S(=O)(=O)N(C)c3ccccc3)cc2)cc1. The first-order valence-electron chi connectivity index (χ1n) is 11.1. The van der Waals surface area contributed by atoms with Gasteiger partial charge in [-0.05, 0) is 73.9 Å². The van der Waals surface area contributed by atoms with Gasteiger partial charge in [-0.3, -0.25) is 9.10 Å². The number of carbonyl (C=O) groups excluding carboxylic acids is 1. The maximum atomic E-state index is 13.3. The maximum absolute atomic E-state index is 13.3. The summed E-state index contributed by atoms with van der Waals surface area (Å²) in [6.45, 7) is 3.23. The molecule has 1 fully saturated rings. The minimum absolute atomic E-state index is 0.000740. The molecule has 33 heavy (non-hydrogen) atoms. The predicted molar refractivity (Wildman–Crippen MR) is 129 cm³/mol. The summed E-state index contributed by atoms with van der Waals surface area (Å²) in [6, 6.07) is 23.0. The van der Waals surface area contributed by atoms with Gasteiger partial charge >= 0.3 is 0 Å². The van der Waals surface area contributed by atoms with Gasteiger partial charge in [0.25, 0.3) is 15.9 Å². The first-order chi connectivity index (χ1) is 15.9. The summed E-state index contributed by atoms with van der Waals surface area (Å²) >= 11 is 0. The van der Waals surface area contributed by atoms with E-state index in [-0.39, 0.29) is 16.8 Å². The van der Waals surface area contributed by atoms with Crippen molar-refractivity contribution in [2.45, 2.75) is 30.7 Å². The lowest BCUT2D eigenvalue weighted by molar-refractivity contribution is 0.0735. The minimum atomic E-state index is -3.72. The average Bonchev–Trinajstić information content (AvgIpc) is 3.34. The molecule has 7 heteroatoms. The molecule has 0 spiro atoms. The molecule has 1 aliphatic heterocycles. The Kier molecular flexibility index (Phi) is 6.70. The number of carbonyl (C=O) groups is 1. The van der Waals surface area contributed by atoms with Gasteiger partial charge in [-0.15, -0.1) is 0 Å². The van der Waals surface area contributed by atoms with Gasteiger partial charge in [0.1, 0.15) is 5.75 Å². The predicted octanol–water partition coefficient (Wildman–Crippen LogP) is 4.89. The minimum Gasteiger partial charge on any atom is -0.494 e. The Morgan fingerprint density at radius 2 is 1.67 bits per heavy atom. The smallest absolute Gasteiger partial charge is 0.264 e. The molecule has 4 rings (SSSR count). The van der Waals surface area contributed by atoms with E-state index in [4.69, 9.17) is 4.74 Å². The first kappa shape index (κ1) is 22.9. The largest absolute Gasteiger partial charge is 0.494 e. The van der Waals surface area contributed by atoms with Gasteiger partial charge in [0.2, 0.25) is 0 Å². The van der Waals surface area contributed by atoms with Crippen LogP contribution in [0, 0.1) is 0 Å². The quantitative estimate of drug-likeness (QED) is 0.499. The molecule has 3 aromatic carbocycles. The van der Waals surface area contributed by atoms with Crippen LogP contribution in [-0.4, -0.2) is 39.4 Å². The third-order valence-electron chi connectivity index (χ3n) is 5.97. The Bertz CT molecular complexity index is 1190. The topological polar surface area (TPSA) is 66.9 Å². The lowest BCUT2D eigenvalue weighted by Crippen LogP contribution is -2.30. The molecule has 0 N–H and O–H groups in total. The summed E-state index contributed by atoms with van der Waals surface area (Å²) in [7, 11) is -2.20. The average molecular weight is 465 g/mol. The highest BCUT2D eigenvalue weighted by Gasteiger charge is 2.31. The highest BCUT2D eigenvalue weighted by atomic mass is 32.2. The number of hydrogen-bond acceptors (Lipinski definition) is 4. The Balaban J connectivity index is 1.52. The van der Waals surface area contributed by atoms with Crippen LogP contribution in [0.3, 0.4) is 0 Å². The van der Waals surface area contributed by atoms with Crippen molar-refractivity contribution in [3.63, 3.8) is 0 Å². The van der Waals surface area contributed by atoms with Crippen LogP contribution in [0.2, 0.25) is 0 Å². The molecule has 1 amide bonds. The zero-order valence-corrected chi connectivity index (χ0v) is 19.7. The Hall–Kier alpha value is -3.32. The summed E-state index contributed by atoms with van der Waals surface area (Å²) < 4.78 is 32.8. The van der Waals surface area contributed by atoms with E-state index in [0.29, 0.717) is 24.4 Å². The fraction of sp³-hybridized carbons (Fsp3) is 0.269. The van der Waals surface area contributed by atoms with Gasteiger partial charge in [-0.25, -0.2) is 8.42 Å². The highest BCUT2D eigenvalue weighted by Crippen LogP contribution is 2.34. The molecule has 6 nitrogen and oxygen atoms in total. The van der Waals surface area contributed by atoms with E-state index < -0.39 is 10.0 Å². The van der Waals surface area contributed by atoms with E-state index in [0.717, 1.165) is 24.2 Å². The highest BCUT2D eigenvalue weighted by molar-refractivity contribution is 7.92. The summed E-state index contributed by atoms with van der Waals surface area (Å²) in [4.78, 5) is 15.3. The van der Waals surface area contributed by atoms with Crippen molar-refractivity contribution in [1.29, 1.82) is 0 Å². The number of rotatable bonds is 7. The van der Waals surface area contributed by atoms with Crippen LogP contribution < -0.4 is 9.04 Å². The van der Waals surface area contributed by atoms with Gasteiger partial charge in [0.05, 0.1) is 23.2 Å². The van der Waals surface area contributed by atoms with Crippen molar-refractivity contribution in [3.8, 4) is 5.75 Å². The molecule has 0 aromatic heterocycles. The molecule has 1 unspecified atom stereocenters. The molecular formula is C26H28N2O4S. The number of para-hydroxylation sites is 1. The number of ether oxygens (including phenoxy) is 1. The second kappa shape index (κ2) is 9.67. The summed E-state index contributed by atoms with van der Waals surface area (Å²) in [5.41, 5.74) is 2.13. The van der Waals surface area contributed by atoms with Crippen molar-refractivity contribution in [2.75, 3.05) is 24.5 Å². The lowest BCUT2D eigenvalue weighted by atomic mass is 10.0. The van der Waals surface area contributed by atoms with E-state index in [9.17, 15) is 13.2 Å². The Morgan fingerprint density at radius 1 is 1.00 bits per heavy atom. The number of sulfonamides is 1. The van der Waals surface area contributed by atoms with E-state index in [1.165, 1.54) is 23.5 Å². The summed E-state index contributed by atoms with van der Waals surface area (Å²) in [6.07, 6.45) is 1.83. The normalized spacial score (nSPS) is 15.9. The Morgan fingerprint density at radius 3 is 2.30 bits per heavy atom. The molecule has 172 valence electrons. The van der Waals surface area contributed by atoms with Crippen LogP contribution in [0.4, 0.5) is 5.69 Å². The van der Waals surface area contributed by atoms with E-state index in [1.807, 2.05) is 42.2 Å². The third kappa shape index (κ3) is 4.73.